The van der Waals surface area contributed by atoms with Crippen molar-refractivity contribution >= 4 is 39.3 Å². The van der Waals surface area contributed by atoms with E-state index in [0.717, 1.165) is 22.2 Å². The summed E-state index contributed by atoms with van der Waals surface area (Å²) in [5.41, 5.74) is 1.14. The summed E-state index contributed by atoms with van der Waals surface area (Å²) < 4.78 is 1.05. The maximum atomic E-state index is 12.6. The number of halogens is 1. The molecule has 2 aliphatic rings. The molecule has 2 unspecified atom stereocenters. The van der Waals surface area contributed by atoms with Crippen molar-refractivity contribution in [3.05, 3.63) is 22.2 Å². The Kier molecular flexibility index (Phi) is 5.89. The van der Waals surface area contributed by atoms with Gasteiger partial charge in [0.15, 0.2) is 0 Å². The summed E-state index contributed by atoms with van der Waals surface area (Å²) in [6.07, 6.45) is 8.36. The van der Waals surface area contributed by atoms with Crippen LogP contribution in [0.1, 0.15) is 33.1 Å². The maximum absolute atomic E-state index is 12.6. The predicted octanol–water partition coefficient (Wildman–Crippen LogP) is 4.39. The molecule has 0 saturated heterocycles. The van der Waals surface area contributed by atoms with Crippen LogP contribution in [0, 0.1) is 23.7 Å². The molecule has 2 atom stereocenters. The molecule has 0 N–H and O–H groups in total. The van der Waals surface area contributed by atoms with Crippen molar-refractivity contribution < 1.29 is 9.59 Å². The van der Waals surface area contributed by atoms with Gasteiger partial charge in [-0.3, -0.25) is 9.59 Å². The van der Waals surface area contributed by atoms with E-state index in [1.165, 1.54) is 0 Å². The van der Waals surface area contributed by atoms with Crippen LogP contribution < -0.4 is 0 Å². The minimum Gasteiger partial charge on any atom is -0.299 e. The van der Waals surface area contributed by atoms with Gasteiger partial charge < -0.3 is 0 Å². The fourth-order valence-electron chi connectivity index (χ4n) is 3.66. The molecule has 0 amide bonds. The number of thioether (sulfide) groups is 1. The van der Waals surface area contributed by atoms with E-state index in [4.69, 9.17) is 0 Å². The van der Waals surface area contributed by atoms with Crippen molar-refractivity contribution in [3.63, 3.8) is 0 Å². The zero-order chi connectivity index (χ0) is 15.6. The number of carbonyl (C=O) groups excluding carboxylic acids is 2. The molecule has 4 heteroatoms. The van der Waals surface area contributed by atoms with E-state index in [0.29, 0.717) is 12.8 Å². The van der Waals surface area contributed by atoms with Gasteiger partial charge in [0.1, 0.15) is 11.6 Å². The van der Waals surface area contributed by atoms with Crippen molar-refractivity contribution in [1.82, 2.24) is 0 Å². The van der Waals surface area contributed by atoms with Gasteiger partial charge in [-0.25, -0.2) is 0 Å². The van der Waals surface area contributed by atoms with Crippen molar-refractivity contribution in [2.45, 2.75) is 33.1 Å². The average molecular weight is 371 g/mol. The summed E-state index contributed by atoms with van der Waals surface area (Å²) >= 11 is 5.28. The van der Waals surface area contributed by atoms with E-state index in [-0.39, 0.29) is 29.3 Å². The molecule has 0 spiro atoms. The number of ketones is 2. The first-order valence-corrected chi connectivity index (χ1v) is 9.72. The van der Waals surface area contributed by atoms with Gasteiger partial charge in [0.05, 0.1) is 5.92 Å². The van der Waals surface area contributed by atoms with Crippen LogP contribution >= 0.6 is 27.7 Å². The molecule has 2 aliphatic carbocycles. The van der Waals surface area contributed by atoms with Crippen molar-refractivity contribution in [3.8, 4) is 0 Å². The third-order valence-corrected chi connectivity index (χ3v) is 5.78. The van der Waals surface area contributed by atoms with Crippen LogP contribution in [0.3, 0.4) is 0 Å². The van der Waals surface area contributed by atoms with Crippen molar-refractivity contribution in [2.24, 2.45) is 23.7 Å². The molecule has 0 aliphatic heterocycles. The van der Waals surface area contributed by atoms with Crippen LogP contribution in [-0.2, 0) is 9.59 Å². The summed E-state index contributed by atoms with van der Waals surface area (Å²) in [5, 5.41) is 0. The quantitative estimate of drug-likeness (QED) is 0.687. The van der Waals surface area contributed by atoms with Crippen molar-refractivity contribution in [1.29, 1.82) is 0 Å². The third-order valence-electron chi connectivity index (χ3n) is 4.64. The first kappa shape index (κ1) is 17.0. The molecule has 0 aromatic carbocycles. The maximum Gasteiger partial charge on any atom is 0.144 e. The Morgan fingerprint density at radius 3 is 2.43 bits per heavy atom. The highest BCUT2D eigenvalue weighted by Crippen LogP contribution is 2.41. The molecular formula is C17H23BrO2S. The molecule has 21 heavy (non-hydrogen) atoms. The van der Waals surface area contributed by atoms with Gasteiger partial charge in [0.2, 0.25) is 0 Å². The monoisotopic (exact) mass is 370 g/mol. The summed E-state index contributed by atoms with van der Waals surface area (Å²) in [7, 11) is 0. The van der Waals surface area contributed by atoms with E-state index < -0.39 is 5.92 Å². The summed E-state index contributed by atoms with van der Waals surface area (Å²) in [6, 6.07) is 0. The molecule has 0 radical (unpaired) electrons. The Labute approximate surface area is 140 Å². The van der Waals surface area contributed by atoms with Crippen LogP contribution in [0.25, 0.3) is 0 Å². The topological polar surface area (TPSA) is 34.1 Å². The van der Waals surface area contributed by atoms with E-state index in [2.05, 4.69) is 35.2 Å². The predicted molar refractivity (Wildman–Crippen MR) is 92.6 cm³/mol. The highest BCUT2D eigenvalue weighted by atomic mass is 79.9. The summed E-state index contributed by atoms with van der Waals surface area (Å²) in [6.45, 7) is 4.14. The second-order valence-corrected chi connectivity index (χ2v) is 8.19. The minimum absolute atomic E-state index is 0.0489. The van der Waals surface area contributed by atoms with E-state index in [9.17, 15) is 9.59 Å². The fraction of sp³-hybridized carbons (Fsp3) is 0.647. The number of rotatable bonds is 4. The highest BCUT2D eigenvalue weighted by Gasteiger charge is 2.42. The molecule has 1 saturated carbocycles. The molecule has 2 nitrogen and oxygen atoms in total. The zero-order valence-electron chi connectivity index (χ0n) is 12.9. The fourth-order valence-corrected chi connectivity index (χ4v) is 5.01. The van der Waals surface area contributed by atoms with Crippen LogP contribution in [-0.4, -0.2) is 23.6 Å². The summed E-state index contributed by atoms with van der Waals surface area (Å²) in [5.74, 6) is 1.47. The lowest BCUT2D eigenvalue weighted by Gasteiger charge is -2.36. The second kappa shape index (κ2) is 7.28. The lowest BCUT2D eigenvalue weighted by Crippen LogP contribution is -2.41. The van der Waals surface area contributed by atoms with Gasteiger partial charge in [-0.2, -0.15) is 11.8 Å². The van der Waals surface area contributed by atoms with E-state index in [1.807, 2.05) is 13.0 Å². The van der Waals surface area contributed by atoms with Gasteiger partial charge >= 0.3 is 0 Å². The number of hydrogen-bond acceptors (Lipinski definition) is 3. The number of Topliss-reactive ketones (excluding diaryl/α,β-unsaturated/α-hetero) is 2. The Morgan fingerprint density at radius 2 is 1.90 bits per heavy atom. The number of allylic oxidation sites excluding steroid dienone is 4. The Hall–Kier alpha value is -0.350. The molecule has 0 aromatic heterocycles. The van der Waals surface area contributed by atoms with Crippen LogP contribution in [0.2, 0.25) is 0 Å². The molecule has 0 bridgehead atoms. The summed E-state index contributed by atoms with van der Waals surface area (Å²) in [4.78, 5) is 25.1. The van der Waals surface area contributed by atoms with Gasteiger partial charge in [-0.15, -0.1) is 0 Å². The normalized spacial score (nSPS) is 33.7. The van der Waals surface area contributed by atoms with Gasteiger partial charge in [0.25, 0.3) is 0 Å². The minimum atomic E-state index is -0.418. The van der Waals surface area contributed by atoms with E-state index in [1.54, 1.807) is 11.8 Å². The standard InChI is InChI=1S/C17H23BrO2S/c1-10-6-13(18)7-11(2)16(10)17-14(19)8-12(4-5-21-3)9-15(17)20/h6-7,10,12,16-17H,4-5,8-9H2,1-3H3. The second-order valence-electron chi connectivity index (χ2n) is 6.29. The molecule has 0 aromatic rings. The first-order valence-electron chi connectivity index (χ1n) is 7.54. The SMILES string of the molecule is CSCCC1CC(=O)C(C2C(C)=CC(Br)=CC2C)C(=O)C1. The highest BCUT2D eigenvalue weighted by molar-refractivity contribution is 9.11. The smallest absolute Gasteiger partial charge is 0.144 e. The Bertz CT molecular complexity index is 477. The largest absolute Gasteiger partial charge is 0.299 e. The molecule has 0 heterocycles. The average Bonchev–Trinajstić information content (AvgIpc) is 2.38. The van der Waals surface area contributed by atoms with Crippen LogP contribution in [0.5, 0.6) is 0 Å². The molecule has 2 rings (SSSR count). The van der Waals surface area contributed by atoms with Gasteiger partial charge in [-0.1, -0.05) is 34.5 Å². The lowest BCUT2D eigenvalue weighted by atomic mass is 9.66. The molecular weight excluding hydrogens is 348 g/mol. The molecule has 116 valence electrons. The van der Waals surface area contributed by atoms with Crippen molar-refractivity contribution in [2.75, 3.05) is 12.0 Å². The van der Waals surface area contributed by atoms with Gasteiger partial charge in [-0.05, 0) is 43.3 Å². The number of carbonyl (C=O) groups is 2. The first-order chi connectivity index (χ1) is 9.93. The Balaban J connectivity index is 2.13. The Morgan fingerprint density at radius 1 is 1.29 bits per heavy atom. The van der Waals surface area contributed by atoms with Crippen LogP contribution in [0.15, 0.2) is 22.2 Å². The van der Waals surface area contributed by atoms with Gasteiger partial charge in [0, 0.05) is 23.2 Å². The van der Waals surface area contributed by atoms with Crippen LogP contribution in [0.4, 0.5) is 0 Å². The molecule has 1 fully saturated rings. The number of hydrogen-bond donors (Lipinski definition) is 0. The zero-order valence-corrected chi connectivity index (χ0v) is 15.3. The lowest BCUT2D eigenvalue weighted by molar-refractivity contribution is -0.139. The third kappa shape index (κ3) is 3.89. The van der Waals surface area contributed by atoms with E-state index >= 15 is 0 Å².